The highest BCUT2D eigenvalue weighted by Gasteiger charge is 2.22. The molecule has 0 saturated carbocycles. The van der Waals surface area contributed by atoms with E-state index in [0.717, 1.165) is 5.52 Å². The van der Waals surface area contributed by atoms with Gasteiger partial charge < -0.3 is 11.1 Å². The Bertz CT molecular complexity index is 1440. The molecular formula is C23H24N6O3S. The van der Waals surface area contributed by atoms with Crippen LogP contribution in [0.15, 0.2) is 71.8 Å². The Hall–Kier alpha value is -3.76. The van der Waals surface area contributed by atoms with Crippen LogP contribution in [0.5, 0.6) is 0 Å². The number of carbonyl (C=O) groups excluding carboxylic acids is 1. The summed E-state index contributed by atoms with van der Waals surface area (Å²) in [6, 6.07) is 17.1. The Morgan fingerprint density at radius 3 is 2.42 bits per heavy atom. The van der Waals surface area contributed by atoms with Crippen LogP contribution >= 0.6 is 0 Å². The van der Waals surface area contributed by atoms with Crippen molar-refractivity contribution in [2.75, 3.05) is 5.32 Å². The van der Waals surface area contributed by atoms with E-state index in [1.807, 2.05) is 18.2 Å². The number of fused-ring (bicyclic) bond motifs is 1. The molecule has 2 aromatic carbocycles. The monoisotopic (exact) mass is 464 g/mol. The normalized spacial score (nSPS) is 12.1. The van der Waals surface area contributed by atoms with Crippen molar-refractivity contribution in [1.29, 1.82) is 0 Å². The van der Waals surface area contributed by atoms with Gasteiger partial charge >= 0.3 is 0 Å². The van der Waals surface area contributed by atoms with Crippen LogP contribution in [0.2, 0.25) is 0 Å². The Morgan fingerprint density at radius 2 is 1.76 bits per heavy atom. The molecule has 2 aromatic heterocycles. The fourth-order valence-corrected chi connectivity index (χ4v) is 4.77. The molecule has 0 unspecified atom stereocenters. The number of benzene rings is 2. The minimum Gasteiger partial charge on any atom is -0.366 e. The molecule has 4 N–H and O–H groups in total. The molecule has 4 aromatic rings. The van der Waals surface area contributed by atoms with E-state index >= 15 is 0 Å². The summed E-state index contributed by atoms with van der Waals surface area (Å²) in [5, 5.41) is 7.64. The molecule has 0 bridgehead atoms. The molecule has 0 saturated heterocycles. The number of hydrogen-bond acceptors (Lipinski definition) is 6. The second-order valence-corrected chi connectivity index (χ2v) is 10.3. The fourth-order valence-electron chi connectivity index (χ4n) is 3.31. The number of primary amides is 1. The van der Waals surface area contributed by atoms with Crippen LogP contribution in [-0.4, -0.2) is 34.5 Å². The maximum absolute atomic E-state index is 12.8. The molecule has 9 nitrogen and oxygen atoms in total. The van der Waals surface area contributed by atoms with E-state index in [4.69, 9.17) is 5.73 Å². The minimum atomic E-state index is -3.68. The van der Waals surface area contributed by atoms with Gasteiger partial charge in [-0.2, -0.15) is 0 Å². The highest BCUT2D eigenvalue weighted by molar-refractivity contribution is 7.89. The Kier molecular flexibility index (Phi) is 5.64. The van der Waals surface area contributed by atoms with Crippen molar-refractivity contribution in [2.45, 2.75) is 31.2 Å². The summed E-state index contributed by atoms with van der Waals surface area (Å²) in [7, 11) is -3.68. The molecule has 0 aliphatic rings. The maximum Gasteiger partial charge on any atom is 0.248 e. The predicted octanol–water partition coefficient (Wildman–Crippen LogP) is 3.32. The van der Waals surface area contributed by atoms with Crippen LogP contribution in [0.25, 0.3) is 16.8 Å². The highest BCUT2D eigenvalue weighted by Crippen LogP contribution is 2.25. The topological polar surface area (TPSA) is 131 Å². The Balaban J connectivity index is 1.67. The van der Waals surface area contributed by atoms with Gasteiger partial charge in [0, 0.05) is 22.4 Å². The van der Waals surface area contributed by atoms with Crippen molar-refractivity contribution in [3.8, 4) is 11.3 Å². The second kappa shape index (κ2) is 8.30. The van der Waals surface area contributed by atoms with E-state index in [1.54, 1.807) is 73.9 Å². The van der Waals surface area contributed by atoms with Crippen molar-refractivity contribution in [3.63, 3.8) is 0 Å². The summed E-state index contributed by atoms with van der Waals surface area (Å²) in [4.78, 5) is 15.7. The van der Waals surface area contributed by atoms with Gasteiger partial charge in [-0.05, 0) is 69.3 Å². The average Bonchev–Trinajstić information content (AvgIpc) is 3.16. The fraction of sp³-hybridized carbons (Fsp3) is 0.174. The van der Waals surface area contributed by atoms with Crippen LogP contribution in [0.4, 0.5) is 11.6 Å². The van der Waals surface area contributed by atoms with E-state index in [9.17, 15) is 13.2 Å². The van der Waals surface area contributed by atoms with Crippen LogP contribution in [0, 0.1) is 0 Å². The van der Waals surface area contributed by atoms with E-state index in [2.05, 4.69) is 20.1 Å². The summed E-state index contributed by atoms with van der Waals surface area (Å²) in [6.07, 6.45) is 1.67. The SMILES string of the molecule is CC(C)(C)NS(=O)(=O)c1cccc(-c2ccc3cnc(Nc4ccc(C(N)=O)cc4)nn23)c1. The summed E-state index contributed by atoms with van der Waals surface area (Å²) in [6.45, 7) is 5.38. The van der Waals surface area contributed by atoms with E-state index in [1.165, 1.54) is 0 Å². The zero-order valence-corrected chi connectivity index (χ0v) is 19.2. The van der Waals surface area contributed by atoms with Crippen molar-refractivity contribution in [1.82, 2.24) is 19.3 Å². The molecule has 0 aliphatic heterocycles. The second-order valence-electron chi connectivity index (χ2n) is 8.59. The third-order valence-corrected chi connectivity index (χ3v) is 6.46. The van der Waals surface area contributed by atoms with Gasteiger partial charge in [0.2, 0.25) is 21.9 Å². The predicted molar refractivity (Wildman–Crippen MR) is 127 cm³/mol. The molecule has 4 rings (SSSR count). The van der Waals surface area contributed by atoms with E-state index in [0.29, 0.717) is 28.5 Å². The number of amides is 1. The third-order valence-electron chi connectivity index (χ3n) is 4.70. The molecule has 0 spiro atoms. The molecule has 2 heterocycles. The van der Waals surface area contributed by atoms with Gasteiger partial charge in [0.05, 0.1) is 22.3 Å². The Morgan fingerprint density at radius 1 is 1.03 bits per heavy atom. The molecule has 0 fully saturated rings. The number of anilines is 2. The van der Waals surface area contributed by atoms with Crippen LogP contribution in [0.3, 0.4) is 0 Å². The van der Waals surface area contributed by atoms with Gasteiger partial charge in [-0.3, -0.25) is 4.79 Å². The zero-order valence-electron chi connectivity index (χ0n) is 18.4. The zero-order chi connectivity index (χ0) is 23.8. The number of nitrogens with two attached hydrogens (primary N) is 1. The van der Waals surface area contributed by atoms with E-state index in [-0.39, 0.29) is 4.90 Å². The lowest BCUT2D eigenvalue weighted by Gasteiger charge is -2.20. The smallest absolute Gasteiger partial charge is 0.248 e. The summed E-state index contributed by atoms with van der Waals surface area (Å²) in [5.41, 5.74) is 7.93. The molecule has 0 radical (unpaired) electrons. The van der Waals surface area contributed by atoms with Crippen LogP contribution < -0.4 is 15.8 Å². The first kappa shape index (κ1) is 22.4. The summed E-state index contributed by atoms with van der Waals surface area (Å²) < 4.78 is 29.9. The maximum atomic E-state index is 12.8. The van der Waals surface area contributed by atoms with E-state index < -0.39 is 21.5 Å². The van der Waals surface area contributed by atoms with Gasteiger partial charge in [-0.15, -0.1) is 5.10 Å². The van der Waals surface area contributed by atoms with Gasteiger partial charge in [-0.1, -0.05) is 12.1 Å². The van der Waals surface area contributed by atoms with Crippen molar-refractivity contribution < 1.29 is 13.2 Å². The number of sulfonamides is 1. The molecule has 0 atom stereocenters. The Labute approximate surface area is 191 Å². The first-order valence-electron chi connectivity index (χ1n) is 10.2. The lowest BCUT2D eigenvalue weighted by atomic mass is 10.1. The molecule has 0 aliphatic carbocycles. The number of carbonyl (C=O) groups is 1. The summed E-state index contributed by atoms with van der Waals surface area (Å²) in [5.74, 6) is -0.164. The van der Waals surface area contributed by atoms with Crippen molar-refractivity contribution >= 4 is 33.1 Å². The number of hydrogen-bond donors (Lipinski definition) is 3. The quantitative estimate of drug-likeness (QED) is 0.401. The first-order valence-corrected chi connectivity index (χ1v) is 11.7. The number of nitrogens with one attached hydrogen (secondary N) is 2. The number of aromatic nitrogens is 3. The number of nitrogens with zero attached hydrogens (tertiary/aromatic N) is 3. The standard InChI is InChI=1S/C23H24N6O3S/c1-23(2,3)28-33(31,32)19-6-4-5-16(13-19)20-12-11-18-14-25-22(27-29(18)20)26-17-9-7-15(8-10-17)21(24)30/h4-14,28H,1-3H3,(H2,24,30)(H,26,27). The molecule has 33 heavy (non-hydrogen) atoms. The third kappa shape index (κ3) is 5.02. The van der Waals surface area contributed by atoms with Gasteiger partial charge in [-0.25, -0.2) is 22.6 Å². The first-order chi connectivity index (χ1) is 15.5. The molecule has 170 valence electrons. The van der Waals surface area contributed by atoms with Gasteiger partial charge in [0.25, 0.3) is 0 Å². The molecular weight excluding hydrogens is 440 g/mol. The minimum absolute atomic E-state index is 0.173. The van der Waals surface area contributed by atoms with Crippen molar-refractivity contribution in [2.24, 2.45) is 5.73 Å². The average molecular weight is 465 g/mol. The highest BCUT2D eigenvalue weighted by atomic mass is 32.2. The van der Waals surface area contributed by atoms with Crippen LogP contribution in [-0.2, 0) is 10.0 Å². The van der Waals surface area contributed by atoms with Gasteiger partial charge in [0.1, 0.15) is 0 Å². The van der Waals surface area contributed by atoms with Crippen LogP contribution in [0.1, 0.15) is 31.1 Å². The molecule has 10 heteroatoms. The largest absolute Gasteiger partial charge is 0.366 e. The lowest BCUT2D eigenvalue weighted by molar-refractivity contribution is 0.100. The van der Waals surface area contributed by atoms with Gasteiger partial charge in [0.15, 0.2) is 0 Å². The number of rotatable bonds is 6. The lowest BCUT2D eigenvalue weighted by Crippen LogP contribution is -2.40. The summed E-state index contributed by atoms with van der Waals surface area (Å²) >= 11 is 0. The van der Waals surface area contributed by atoms with Crippen molar-refractivity contribution in [3.05, 3.63) is 72.4 Å². The molecule has 1 amide bonds.